The van der Waals surface area contributed by atoms with Crippen LogP contribution in [0.25, 0.3) is 0 Å². The SMILES string of the molecule is CCCC(C)NC(=O)C1N(CCCCCO)C(=O)[C@@H]2[C@@H](C(=O)OCC)[C@@]3(C)CCC12O3. The molecule has 0 aliphatic carbocycles. The molecule has 8 heteroatoms. The Morgan fingerprint density at radius 2 is 2.03 bits per heavy atom. The van der Waals surface area contributed by atoms with E-state index in [9.17, 15) is 14.4 Å². The third-order valence-electron chi connectivity index (χ3n) is 7.23. The molecule has 3 aliphatic rings. The van der Waals surface area contributed by atoms with E-state index in [1.54, 1.807) is 11.8 Å². The Bertz CT molecular complexity index is 700. The highest BCUT2D eigenvalue weighted by Gasteiger charge is 2.78. The van der Waals surface area contributed by atoms with Crippen LogP contribution in [0.2, 0.25) is 0 Å². The first kappa shape index (κ1) is 24.0. The number of carbonyl (C=O) groups is 3. The van der Waals surface area contributed by atoms with E-state index in [4.69, 9.17) is 14.6 Å². The number of nitrogens with one attached hydrogen (secondary N) is 1. The van der Waals surface area contributed by atoms with Gasteiger partial charge in [0.2, 0.25) is 11.8 Å². The summed E-state index contributed by atoms with van der Waals surface area (Å²) in [7, 11) is 0. The van der Waals surface area contributed by atoms with E-state index in [0.717, 1.165) is 19.3 Å². The summed E-state index contributed by atoms with van der Waals surface area (Å²) in [5.41, 5.74) is -1.78. The summed E-state index contributed by atoms with van der Waals surface area (Å²) in [5.74, 6) is -2.19. The molecule has 2 amide bonds. The zero-order valence-corrected chi connectivity index (χ0v) is 19.3. The number of carbonyl (C=O) groups excluding carboxylic acids is 3. The van der Waals surface area contributed by atoms with Crippen molar-refractivity contribution in [3.8, 4) is 0 Å². The van der Waals surface area contributed by atoms with E-state index in [0.29, 0.717) is 32.2 Å². The molecule has 176 valence electrons. The average molecular weight is 439 g/mol. The summed E-state index contributed by atoms with van der Waals surface area (Å²) in [4.78, 5) is 41.6. The van der Waals surface area contributed by atoms with Crippen molar-refractivity contribution in [3.63, 3.8) is 0 Å². The first-order valence-corrected chi connectivity index (χ1v) is 11.8. The van der Waals surface area contributed by atoms with Crippen LogP contribution in [0, 0.1) is 11.8 Å². The highest BCUT2D eigenvalue weighted by Crippen LogP contribution is 2.63. The summed E-state index contributed by atoms with van der Waals surface area (Å²) in [6.07, 6.45) is 5.09. The maximum absolute atomic E-state index is 13.6. The van der Waals surface area contributed by atoms with Crippen molar-refractivity contribution in [2.45, 2.75) is 95.9 Å². The number of ether oxygens (including phenoxy) is 2. The van der Waals surface area contributed by atoms with Crippen LogP contribution in [0.1, 0.15) is 72.6 Å². The van der Waals surface area contributed by atoms with Crippen molar-refractivity contribution < 1.29 is 29.0 Å². The number of likely N-dealkylation sites (tertiary alicyclic amines) is 1. The number of unbranched alkanes of at least 4 members (excludes halogenated alkanes) is 2. The lowest BCUT2D eigenvalue weighted by Gasteiger charge is -2.34. The van der Waals surface area contributed by atoms with Crippen molar-refractivity contribution in [3.05, 3.63) is 0 Å². The van der Waals surface area contributed by atoms with Crippen LogP contribution >= 0.6 is 0 Å². The Kier molecular flexibility index (Phi) is 7.31. The summed E-state index contributed by atoms with van der Waals surface area (Å²) in [6.45, 7) is 8.40. The molecule has 2 bridgehead atoms. The third kappa shape index (κ3) is 4.09. The number of hydrogen-bond donors (Lipinski definition) is 2. The quantitative estimate of drug-likeness (QED) is 0.376. The zero-order valence-electron chi connectivity index (χ0n) is 19.3. The Balaban J connectivity index is 1.92. The number of fused-ring (bicyclic) bond motifs is 1. The summed E-state index contributed by atoms with van der Waals surface area (Å²) in [5, 5.41) is 12.2. The smallest absolute Gasteiger partial charge is 0.312 e. The summed E-state index contributed by atoms with van der Waals surface area (Å²) >= 11 is 0. The van der Waals surface area contributed by atoms with Gasteiger partial charge in [-0.2, -0.15) is 0 Å². The molecule has 2 N–H and O–H groups in total. The lowest BCUT2D eigenvalue weighted by Crippen LogP contribution is -2.56. The number of aliphatic hydroxyl groups excluding tert-OH is 1. The number of hydrogen-bond acceptors (Lipinski definition) is 6. The van der Waals surface area contributed by atoms with Gasteiger partial charge in [-0.15, -0.1) is 0 Å². The second kappa shape index (κ2) is 9.45. The predicted octanol–water partition coefficient (Wildman–Crippen LogP) is 1.78. The molecule has 3 rings (SSSR count). The van der Waals surface area contributed by atoms with Crippen LogP contribution in [0.4, 0.5) is 0 Å². The van der Waals surface area contributed by atoms with Gasteiger partial charge in [0.05, 0.1) is 18.1 Å². The van der Waals surface area contributed by atoms with Crippen LogP contribution in [-0.4, -0.2) is 70.8 Å². The molecular formula is C23H38N2O6. The largest absolute Gasteiger partial charge is 0.466 e. The van der Waals surface area contributed by atoms with Gasteiger partial charge in [0.15, 0.2) is 0 Å². The Labute approximate surface area is 185 Å². The average Bonchev–Trinajstić information content (AvgIpc) is 3.26. The second-order valence-corrected chi connectivity index (χ2v) is 9.49. The van der Waals surface area contributed by atoms with Crippen molar-refractivity contribution in [1.82, 2.24) is 10.2 Å². The molecule has 0 aromatic carbocycles. The molecule has 3 fully saturated rings. The Morgan fingerprint density at radius 1 is 1.29 bits per heavy atom. The van der Waals surface area contributed by atoms with Crippen LogP contribution in [0.3, 0.4) is 0 Å². The maximum atomic E-state index is 13.6. The molecule has 0 aromatic rings. The molecular weight excluding hydrogens is 400 g/mol. The van der Waals surface area contributed by atoms with E-state index in [1.807, 2.05) is 13.8 Å². The number of esters is 1. The minimum absolute atomic E-state index is 0.00525. The molecule has 3 aliphatic heterocycles. The predicted molar refractivity (Wildman–Crippen MR) is 114 cm³/mol. The maximum Gasteiger partial charge on any atom is 0.312 e. The van der Waals surface area contributed by atoms with Gasteiger partial charge in [0.1, 0.15) is 17.6 Å². The van der Waals surface area contributed by atoms with Crippen LogP contribution in [0.15, 0.2) is 0 Å². The first-order valence-electron chi connectivity index (χ1n) is 11.8. The Hall–Kier alpha value is -1.67. The number of aliphatic hydroxyl groups is 1. The molecule has 31 heavy (non-hydrogen) atoms. The van der Waals surface area contributed by atoms with Crippen LogP contribution < -0.4 is 5.32 Å². The van der Waals surface area contributed by atoms with E-state index in [-0.39, 0.29) is 31.1 Å². The van der Waals surface area contributed by atoms with Gasteiger partial charge in [0.25, 0.3) is 0 Å². The number of amides is 2. The first-order chi connectivity index (χ1) is 14.8. The van der Waals surface area contributed by atoms with Gasteiger partial charge < -0.3 is 24.8 Å². The minimum Gasteiger partial charge on any atom is -0.466 e. The van der Waals surface area contributed by atoms with Crippen LogP contribution in [0.5, 0.6) is 0 Å². The molecule has 3 heterocycles. The van der Waals surface area contributed by atoms with Gasteiger partial charge in [-0.25, -0.2) is 0 Å². The van der Waals surface area contributed by atoms with Gasteiger partial charge in [-0.1, -0.05) is 13.3 Å². The van der Waals surface area contributed by atoms with Crippen molar-refractivity contribution in [2.24, 2.45) is 11.8 Å². The van der Waals surface area contributed by atoms with Gasteiger partial charge >= 0.3 is 5.97 Å². The molecule has 6 atom stereocenters. The fraction of sp³-hybridized carbons (Fsp3) is 0.870. The monoisotopic (exact) mass is 438 g/mol. The molecule has 0 saturated carbocycles. The highest BCUT2D eigenvalue weighted by atomic mass is 16.6. The van der Waals surface area contributed by atoms with Crippen LogP contribution in [-0.2, 0) is 23.9 Å². The van der Waals surface area contributed by atoms with E-state index < -0.39 is 35.0 Å². The fourth-order valence-electron chi connectivity index (χ4n) is 5.95. The van der Waals surface area contributed by atoms with Gasteiger partial charge in [0, 0.05) is 19.2 Å². The van der Waals surface area contributed by atoms with E-state index in [2.05, 4.69) is 12.2 Å². The van der Waals surface area contributed by atoms with Crippen molar-refractivity contribution in [2.75, 3.05) is 19.8 Å². The van der Waals surface area contributed by atoms with E-state index in [1.165, 1.54) is 0 Å². The third-order valence-corrected chi connectivity index (χ3v) is 7.23. The molecule has 0 radical (unpaired) electrons. The minimum atomic E-state index is -0.990. The summed E-state index contributed by atoms with van der Waals surface area (Å²) < 4.78 is 11.8. The molecule has 8 nitrogen and oxygen atoms in total. The van der Waals surface area contributed by atoms with E-state index >= 15 is 0 Å². The standard InChI is InChI=1S/C23H38N2O6/c1-5-10-15(3)24-19(27)18-23-12-11-22(4,31-23)17(21(29)30-6-2)16(23)20(28)25(18)13-8-7-9-14-26/h15-18,26H,5-14H2,1-4H3,(H,24,27)/t15?,16-,17-,18?,22+,23?/m0/s1. The Morgan fingerprint density at radius 3 is 2.68 bits per heavy atom. The highest BCUT2D eigenvalue weighted by molar-refractivity contribution is 5.98. The van der Waals surface area contributed by atoms with Crippen molar-refractivity contribution >= 4 is 17.8 Å². The molecule has 0 aromatic heterocycles. The normalized spacial score (nSPS) is 34.7. The molecule has 3 unspecified atom stereocenters. The van der Waals surface area contributed by atoms with Gasteiger partial charge in [-0.05, 0) is 59.3 Å². The number of nitrogens with zero attached hydrogens (tertiary/aromatic N) is 1. The topological polar surface area (TPSA) is 105 Å². The molecule has 3 saturated heterocycles. The second-order valence-electron chi connectivity index (χ2n) is 9.49. The lowest BCUT2D eigenvalue weighted by molar-refractivity contribution is -0.159. The lowest BCUT2D eigenvalue weighted by atomic mass is 9.66. The van der Waals surface area contributed by atoms with Crippen molar-refractivity contribution in [1.29, 1.82) is 0 Å². The zero-order chi connectivity index (χ0) is 22.8. The number of rotatable bonds is 11. The summed E-state index contributed by atoms with van der Waals surface area (Å²) in [6, 6.07) is -0.756. The fourth-order valence-corrected chi connectivity index (χ4v) is 5.95. The molecule has 1 spiro atoms. The van der Waals surface area contributed by atoms with Gasteiger partial charge in [-0.3, -0.25) is 14.4 Å².